The zero-order valence-electron chi connectivity index (χ0n) is 9.14. The Morgan fingerprint density at radius 2 is 2.00 bits per heavy atom. The molecule has 0 bridgehead atoms. The van der Waals surface area contributed by atoms with E-state index >= 15 is 0 Å². The van der Waals surface area contributed by atoms with Crippen LogP contribution in [0.5, 0.6) is 0 Å². The number of aromatic nitrogens is 3. The standard InChI is InChI=1S/C11H19N3/c1-3-9-12-10(14-13-9)11(4-2)7-5-6-8-11/h3-8H2,1-2H3,(H,12,13,14). The normalized spacial score (nSPS) is 20.1. The van der Waals surface area contributed by atoms with E-state index in [4.69, 9.17) is 0 Å². The van der Waals surface area contributed by atoms with Gasteiger partial charge in [0.1, 0.15) is 5.82 Å². The molecule has 0 radical (unpaired) electrons. The number of nitrogens with zero attached hydrogens (tertiary/aromatic N) is 2. The maximum absolute atomic E-state index is 4.59. The number of H-pyrrole nitrogens is 1. The van der Waals surface area contributed by atoms with Crippen molar-refractivity contribution in [2.24, 2.45) is 0 Å². The van der Waals surface area contributed by atoms with Gasteiger partial charge in [-0.25, -0.2) is 4.98 Å². The predicted molar refractivity (Wildman–Crippen MR) is 56.2 cm³/mol. The molecule has 1 heterocycles. The van der Waals surface area contributed by atoms with Crippen LogP contribution in [0.15, 0.2) is 0 Å². The molecule has 2 rings (SSSR count). The molecule has 1 aromatic heterocycles. The van der Waals surface area contributed by atoms with Gasteiger partial charge in [0.2, 0.25) is 0 Å². The molecule has 78 valence electrons. The van der Waals surface area contributed by atoms with Crippen molar-refractivity contribution in [1.82, 2.24) is 15.2 Å². The van der Waals surface area contributed by atoms with Gasteiger partial charge in [0.05, 0.1) is 0 Å². The van der Waals surface area contributed by atoms with Crippen LogP contribution in [0.2, 0.25) is 0 Å². The third-order valence-corrected chi connectivity index (χ3v) is 3.58. The lowest BCUT2D eigenvalue weighted by molar-refractivity contribution is 0.399. The Morgan fingerprint density at radius 1 is 1.29 bits per heavy atom. The molecule has 0 aliphatic heterocycles. The highest BCUT2D eigenvalue weighted by molar-refractivity contribution is 5.10. The molecule has 1 saturated carbocycles. The van der Waals surface area contributed by atoms with Crippen LogP contribution in [0.1, 0.15) is 57.6 Å². The van der Waals surface area contributed by atoms with Crippen LogP contribution >= 0.6 is 0 Å². The van der Waals surface area contributed by atoms with Crippen LogP contribution in [0.25, 0.3) is 0 Å². The van der Waals surface area contributed by atoms with Gasteiger partial charge in [-0.05, 0) is 19.3 Å². The zero-order valence-corrected chi connectivity index (χ0v) is 9.14. The minimum Gasteiger partial charge on any atom is -0.263 e. The molecule has 0 spiro atoms. The highest BCUT2D eigenvalue weighted by Gasteiger charge is 2.37. The van der Waals surface area contributed by atoms with Crippen molar-refractivity contribution < 1.29 is 0 Å². The fourth-order valence-corrected chi connectivity index (χ4v) is 2.48. The van der Waals surface area contributed by atoms with Gasteiger partial charge >= 0.3 is 0 Å². The van der Waals surface area contributed by atoms with E-state index in [9.17, 15) is 0 Å². The Labute approximate surface area is 85.3 Å². The Bertz CT molecular complexity index is 297. The van der Waals surface area contributed by atoms with Crippen molar-refractivity contribution in [2.45, 2.75) is 57.8 Å². The van der Waals surface area contributed by atoms with Crippen LogP contribution < -0.4 is 0 Å². The molecule has 0 aromatic carbocycles. The molecule has 3 heteroatoms. The second kappa shape index (κ2) is 3.71. The number of nitrogens with one attached hydrogen (secondary N) is 1. The topological polar surface area (TPSA) is 41.6 Å². The van der Waals surface area contributed by atoms with E-state index in [-0.39, 0.29) is 0 Å². The van der Waals surface area contributed by atoms with Crippen molar-refractivity contribution in [3.63, 3.8) is 0 Å². The van der Waals surface area contributed by atoms with E-state index in [0.29, 0.717) is 5.41 Å². The van der Waals surface area contributed by atoms with Gasteiger partial charge in [0.15, 0.2) is 5.82 Å². The maximum atomic E-state index is 4.59. The molecule has 1 aromatic rings. The molecule has 1 aliphatic carbocycles. The van der Waals surface area contributed by atoms with E-state index in [1.165, 1.54) is 32.1 Å². The first kappa shape index (κ1) is 9.69. The van der Waals surface area contributed by atoms with E-state index in [1.807, 2.05) is 0 Å². The summed E-state index contributed by atoms with van der Waals surface area (Å²) in [5.41, 5.74) is 0.296. The first-order valence-electron chi connectivity index (χ1n) is 5.72. The number of hydrogen-bond acceptors (Lipinski definition) is 2. The summed E-state index contributed by atoms with van der Waals surface area (Å²) in [6, 6.07) is 0. The van der Waals surface area contributed by atoms with E-state index in [2.05, 4.69) is 29.0 Å². The quantitative estimate of drug-likeness (QED) is 0.801. The first-order chi connectivity index (χ1) is 6.80. The largest absolute Gasteiger partial charge is 0.263 e. The summed E-state index contributed by atoms with van der Waals surface area (Å²) >= 11 is 0. The smallest absolute Gasteiger partial charge is 0.156 e. The van der Waals surface area contributed by atoms with E-state index < -0.39 is 0 Å². The summed E-state index contributed by atoms with van der Waals surface area (Å²) in [6.07, 6.45) is 7.34. The molecule has 0 unspecified atom stereocenters. The average molecular weight is 193 g/mol. The average Bonchev–Trinajstić information content (AvgIpc) is 2.87. The Morgan fingerprint density at radius 3 is 2.50 bits per heavy atom. The molecule has 0 amide bonds. The van der Waals surface area contributed by atoms with Gasteiger partial charge in [0.25, 0.3) is 0 Å². The van der Waals surface area contributed by atoms with Gasteiger partial charge in [-0.2, -0.15) is 5.10 Å². The van der Waals surface area contributed by atoms with Crippen LogP contribution in [0, 0.1) is 0 Å². The Kier molecular flexibility index (Phi) is 2.57. The lowest BCUT2D eigenvalue weighted by Crippen LogP contribution is -2.22. The number of aryl methyl sites for hydroxylation is 1. The monoisotopic (exact) mass is 193 g/mol. The van der Waals surface area contributed by atoms with Crippen molar-refractivity contribution >= 4 is 0 Å². The minimum absolute atomic E-state index is 0.296. The van der Waals surface area contributed by atoms with E-state index in [1.54, 1.807) is 0 Å². The third kappa shape index (κ3) is 1.45. The van der Waals surface area contributed by atoms with Gasteiger partial charge in [-0.15, -0.1) is 0 Å². The molecule has 1 N–H and O–H groups in total. The SMILES string of the molecule is CCc1nc(C2(CC)CCCC2)n[nH]1. The van der Waals surface area contributed by atoms with Crippen LogP contribution in [-0.2, 0) is 11.8 Å². The summed E-state index contributed by atoms with van der Waals surface area (Å²) < 4.78 is 0. The molecule has 0 atom stereocenters. The Hall–Kier alpha value is -0.860. The summed E-state index contributed by atoms with van der Waals surface area (Å²) in [4.78, 5) is 4.59. The molecule has 0 saturated heterocycles. The Balaban J connectivity index is 2.26. The van der Waals surface area contributed by atoms with Gasteiger partial charge in [-0.1, -0.05) is 26.7 Å². The van der Waals surface area contributed by atoms with Gasteiger partial charge in [-0.3, -0.25) is 5.10 Å². The molecule has 1 aliphatic rings. The number of hydrogen-bond donors (Lipinski definition) is 1. The van der Waals surface area contributed by atoms with Gasteiger partial charge < -0.3 is 0 Å². The molecular weight excluding hydrogens is 174 g/mol. The lowest BCUT2D eigenvalue weighted by atomic mass is 9.83. The summed E-state index contributed by atoms with van der Waals surface area (Å²) in [6.45, 7) is 4.37. The molecule has 14 heavy (non-hydrogen) atoms. The van der Waals surface area contributed by atoms with Crippen LogP contribution in [0.4, 0.5) is 0 Å². The maximum Gasteiger partial charge on any atom is 0.156 e. The fraction of sp³-hybridized carbons (Fsp3) is 0.818. The highest BCUT2D eigenvalue weighted by atomic mass is 15.2. The summed E-state index contributed by atoms with van der Waals surface area (Å²) in [5, 5.41) is 7.41. The number of rotatable bonds is 3. The number of aromatic amines is 1. The highest BCUT2D eigenvalue weighted by Crippen LogP contribution is 2.41. The molecule has 1 fully saturated rings. The summed E-state index contributed by atoms with van der Waals surface area (Å²) in [5.74, 6) is 2.09. The molecular formula is C11H19N3. The van der Waals surface area contributed by atoms with Crippen molar-refractivity contribution in [1.29, 1.82) is 0 Å². The fourth-order valence-electron chi connectivity index (χ4n) is 2.48. The second-order valence-corrected chi connectivity index (χ2v) is 4.30. The molecule has 3 nitrogen and oxygen atoms in total. The van der Waals surface area contributed by atoms with Crippen molar-refractivity contribution in [3.8, 4) is 0 Å². The first-order valence-corrected chi connectivity index (χ1v) is 5.72. The van der Waals surface area contributed by atoms with Gasteiger partial charge in [0, 0.05) is 11.8 Å². The predicted octanol–water partition coefficient (Wildman–Crippen LogP) is 2.59. The lowest BCUT2D eigenvalue weighted by Gasteiger charge is -2.23. The third-order valence-electron chi connectivity index (χ3n) is 3.58. The van der Waals surface area contributed by atoms with Crippen LogP contribution in [-0.4, -0.2) is 15.2 Å². The minimum atomic E-state index is 0.296. The second-order valence-electron chi connectivity index (χ2n) is 4.30. The van der Waals surface area contributed by atoms with Crippen molar-refractivity contribution in [2.75, 3.05) is 0 Å². The summed E-state index contributed by atoms with van der Waals surface area (Å²) in [7, 11) is 0. The van der Waals surface area contributed by atoms with Crippen molar-refractivity contribution in [3.05, 3.63) is 11.6 Å². The van der Waals surface area contributed by atoms with Crippen LogP contribution in [0.3, 0.4) is 0 Å². The van der Waals surface area contributed by atoms with E-state index in [0.717, 1.165) is 18.1 Å². The zero-order chi connectivity index (χ0) is 10.0.